The molecule has 0 saturated carbocycles. The Hall–Kier alpha value is -1.11. The lowest BCUT2D eigenvalue weighted by Gasteiger charge is -1.88. The van der Waals surface area contributed by atoms with E-state index in [0.717, 1.165) is 6.42 Å². The van der Waals surface area contributed by atoms with E-state index in [1.165, 1.54) is 18.4 Å². The predicted octanol–water partition coefficient (Wildman–Crippen LogP) is 5.67. The average molecular weight is 237 g/mol. The summed E-state index contributed by atoms with van der Waals surface area (Å²) in [5.74, 6) is 0. The minimum atomic E-state index is 1.08. The van der Waals surface area contributed by atoms with Crippen molar-refractivity contribution in [2.45, 2.75) is 60.8 Å². The zero-order valence-electron chi connectivity index (χ0n) is 12.7. The van der Waals surface area contributed by atoms with Crippen LogP contribution in [0.4, 0.5) is 0 Å². The van der Waals surface area contributed by atoms with Crippen molar-refractivity contribution in [3.8, 4) is 0 Å². The molecule has 1 aromatic rings. The average Bonchev–Trinajstić information content (AvgIpc) is 2.43. The zero-order valence-corrected chi connectivity index (χ0v) is 12.7. The number of aromatic nitrogens is 1. The van der Waals surface area contributed by atoms with Gasteiger partial charge in [0.1, 0.15) is 0 Å². The Morgan fingerprint density at radius 1 is 1.18 bits per heavy atom. The molecule has 0 saturated heterocycles. The Bertz CT molecular complexity index is 202. The maximum Gasteiger partial charge on any atom is 0.0299 e. The van der Waals surface area contributed by atoms with Crippen molar-refractivity contribution in [3.63, 3.8) is 0 Å². The van der Waals surface area contributed by atoms with E-state index >= 15 is 0 Å². The summed E-state index contributed by atoms with van der Waals surface area (Å²) in [7, 11) is 0. The van der Waals surface area contributed by atoms with Crippen molar-refractivity contribution in [2.24, 2.45) is 0 Å². The van der Waals surface area contributed by atoms with Gasteiger partial charge in [-0.1, -0.05) is 59.6 Å². The van der Waals surface area contributed by atoms with E-state index in [2.05, 4.69) is 38.4 Å². The summed E-state index contributed by atoms with van der Waals surface area (Å²) in [5.41, 5.74) is 1.30. The topological polar surface area (TPSA) is 12.9 Å². The van der Waals surface area contributed by atoms with Crippen LogP contribution in [0.15, 0.2) is 37.2 Å². The van der Waals surface area contributed by atoms with Gasteiger partial charge in [0, 0.05) is 12.4 Å². The van der Waals surface area contributed by atoms with Crippen LogP contribution in [0.2, 0.25) is 0 Å². The monoisotopic (exact) mass is 237 g/mol. The van der Waals surface area contributed by atoms with E-state index in [1.807, 2.05) is 33.0 Å². The van der Waals surface area contributed by atoms with Crippen LogP contribution in [0.1, 0.15) is 59.9 Å². The molecule has 1 aromatic heterocycles. The molecule has 0 aromatic carbocycles. The number of rotatable bonds is 2. The van der Waals surface area contributed by atoms with Crippen LogP contribution in [0.5, 0.6) is 0 Å². The number of pyridine rings is 1. The lowest BCUT2D eigenvalue weighted by atomic mass is 10.2. The first-order chi connectivity index (χ1) is 8.26. The van der Waals surface area contributed by atoms with Gasteiger partial charge in [-0.25, -0.2) is 0 Å². The molecule has 1 nitrogen and oxygen atoms in total. The Kier molecular flexibility index (Phi) is 30.2. The van der Waals surface area contributed by atoms with Crippen LogP contribution in [-0.2, 0) is 6.42 Å². The van der Waals surface area contributed by atoms with E-state index in [0.29, 0.717) is 0 Å². The van der Waals surface area contributed by atoms with Gasteiger partial charge in [0.15, 0.2) is 0 Å². The lowest BCUT2D eigenvalue weighted by molar-refractivity contribution is 0.886. The van der Waals surface area contributed by atoms with Crippen LogP contribution >= 0.6 is 0 Å². The van der Waals surface area contributed by atoms with Gasteiger partial charge in [-0.2, -0.15) is 0 Å². The Morgan fingerprint density at radius 2 is 1.65 bits per heavy atom. The minimum absolute atomic E-state index is 1.08. The van der Waals surface area contributed by atoms with E-state index < -0.39 is 0 Å². The molecule has 0 unspecified atom stereocenters. The first kappa shape index (κ1) is 21.2. The molecular formula is C16H31N. The van der Waals surface area contributed by atoms with Crippen molar-refractivity contribution in [1.82, 2.24) is 4.98 Å². The number of unbranched alkanes of at least 4 members (excludes halogenated alkanes) is 1. The molecule has 0 aliphatic heterocycles. The van der Waals surface area contributed by atoms with Gasteiger partial charge in [-0.3, -0.25) is 4.98 Å². The normalized spacial score (nSPS) is 7.18. The minimum Gasteiger partial charge on any atom is -0.264 e. The quantitative estimate of drug-likeness (QED) is 0.604. The fourth-order valence-electron chi connectivity index (χ4n) is 0.607. The summed E-state index contributed by atoms with van der Waals surface area (Å²) < 4.78 is 0. The van der Waals surface area contributed by atoms with Crippen LogP contribution in [0, 0.1) is 0 Å². The molecule has 0 aliphatic carbocycles. The largest absolute Gasteiger partial charge is 0.264 e. The molecule has 1 heteroatoms. The Balaban J connectivity index is -0.000000186. The van der Waals surface area contributed by atoms with E-state index in [4.69, 9.17) is 0 Å². The van der Waals surface area contributed by atoms with Gasteiger partial charge >= 0.3 is 0 Å². The SMILES string of the molecule is C=CC.CC.CCCC.CCc1cccnc1. The van der Waals surface area contributed by atoms with Crippen molar-refractivity contribution in [1.29, 1.82) is 0 Å². The fraction of sp³-hybridized carbons (Fsp3) is 0.562. The lowest BCUT2D eigenvalue weighted by Crippen LogP contribution is -1.77. The van der Waals surface area contributed by atoms with E-state index in [1.54, 1.807) is 12.3 Å². The van der Waals surface area contributed by atoms with Crippen LogP contribution in [0.25, 0.3) is 0 Å². The Labute approximate surface area is 109 Å². The van der Waals surface area contributed by atoms with Gasteiger partial charge in [0.05, 0.1) is 0 Å². The first-order valence-electron chi connectivity index (χ1n) is 6.72. The molecule has 0 amide bonds. The van der Waals surface area contributed by atoms with Crippen molar-refractivity contribution >= 4 is 0 Å². The molecular weight excluding hydrogens is 206 g/mol. The third-order valence-electron chi connectivity index (χ3n) is 1.63. The van der Waals surface area contributed by atoms with Gasteiger partial charge in [0.2, 0.25) is 0 Å². The smallest absolute Gasteiger partial charge is 0.0299 e. The molecule has 100 valence electrons. The van der Waals surface area contributed by atoms with Crippen molar-refractivity contribution in [3.05, 3.63) is 42.7 Å². The summed E-state index contributed by atoms with van der Waals surface area (Å²) in [4.78, 5) is 3.96. The first-order valence-corrected chi connectivity index (χ1v) is 6.72. The number of hydrogen-bond acceptors (Lipinski definition) is 1. The van der Waals surface area contributed by atoms with Crippen molar-refractivity contribution < 1.29 is 0 Å². The summed E-state index contributed by atoms with van der Waals surface area (Å²) in [6.07, 6.45) is 9.15. The summed E-state index contributed by atoms with van der Waals surface area (Å²) >= 11 is 0. The number of hydrogen-bond donors (Lipinski definition) is 0. The van der Waals surface area contributed by atoms with Crippen LogP contribution < -0.4 is 0 Å². The third-order valence-corrected chi connectivity index (χ3v) is 1.63. The Morgan fingerprint density at radius 3 is 1.82 bits per heavy atom. The molecule has 0 bridgehead atoms. The van der Waals surface area contributed by atoms with Crippen LogP contribution in [-0.4, -0.2) is 4.98 Å². The highest BCUT2D eigenvalue weighted by Gasteiger charge is 1.81. The highest BCUT2D eigenvalue weighted by molar-refractivity contribution is 5.07. The maximum atomic E-state index is 3.96. The molecule has 0 aliphatic rings. The number of allylic oxidation sites excluding steroid dienone is 1. The van der Waals surface area contributed by atoms with E-state index in [-0.39, 0.29) is 0 Å². The highest BCUT2D eigenvalue weighted by Crippen LogP contribution is 1.93. The molecule has 1 heterocycles. The van der Waals surface area contributed by atoms with Gasteiger partial charge in [0.25, 0.3) is 0 Å². The number of nitrogens with zero attached hydrogens (tertiary/aromatic N) is 1. The molecule has 0 radical (unpaired) electrons. The summed E-state index contributed by atoms with van der Waals surface area (Å²) in [6, 6.07) is 4.03. The highest BCUT2D eigenvalue weighted by atomic mass is 14.6. The number of aryl methyl sites for hydroxylation is 1. The molecule has 0 atom stereocenters. The van der Waals surface area contributed by atoms with Gasteiger partial charge in [-0.05, 0) is 25.0 Å². The van der Waals surface area contributed by atoms with Crippen molar-refractivity contribution in [2.75, 3.05) is 0 Å². The van der Waals surface area contributed by atoms with Gasteiger partial charge in [-0.15, -0.1) is 6.58 Å². The third kappa shape index (κ3) is 25.3. The maximum absolute atomic E-state index is 3.96. The summed E-state index contributed by atoms with van der Waals surface area (Å²) in [5, 5.41) is 0. The van der Waals surface area contributed by atoms with E-state index in [9.17, 15) is 0 Å². The van der Waals surface area contributed by atoms with Crippen LogP contribution in [0.3, 0.4) is 0 Å². The predicted molar refractivity (Wildman–Crippen MR) is 81.4 cm³/mol. The van der Waals surface area contributed by atoms with Gasteiger partial charge < -0.3 is 0 Å². The standard InChI is InChI=1S/C7H9N.C4H10.C3H6.C2H6/c1-2-7-4-3-5-8-6-7;1-3-4-2;1-3-2;1-2/h3-6H,2H2,1H3;3-4H2,1-2H3;3H,1H2,2H3;1-2H3. The molecule has 17 heavy (non-hydrogen) atoms. The molecule has 1 rings (SSSR count). The molecule has 0 fully saturated rings. The molecule has 0 N–H and O–H groups in total. The second kappa shape index (κ2) is 24.2. The second-order valence-corrected chi connectivity index (χ2v) is 3.12. The second-order valence-electron chi connectivity index (χ2n) is 3.12. The fourth-order valence-corrected chi connectivity index (χ4v) is 0.607. The molecule has 0 spiro atoms. The summed E-state index contributed by atoms with van der Waals surface area (Å²) in [6.45, 7) is 15.7. The zero-order chi connectivity index (χ0) is 13.9.